The van der Waals surface area contributed by atoms with Crippen molar-refractivity contribution in [1.82, 2.24) is 15.1 Å². The normalized spacial score (nSPS) is 15.4. The van der Waals surface area contributed by atoms with Crippen molar-refractivity contribution in [3.05, 3.63) is 66.0 Å². The van der Waals surface area contributed by atoms with Gasteiger partial charge in [-0.1, -0.05) is 30.3 Å². The van der Waals surface area contributed by atoms with E-state index in [0.717, 1.165) is 38.3 Å². The number of nitrogens with one attached hydrogen (secondary N) is 1. The van der Waals surface area contributed by atoms with Crippen LogP contribution in [0, 0.1) is 5.82 Å². The van der Waals surface area contributed by atoms with E-state index < -0.39 is 0 Å². The molecule has 3 rings (SSSR count). The molecule has 0 atom stereocenters. The lowest BCUT2D eigenvalue weighted by molar-refractivity contribution is -0.122. The van der Waals surface area contributed by atoms with Gasteiger partial charge in [0.1, 0.15) is 18.2 Å². The molecule has 0 bridgehead atoms. The van der Waals surface area contributed by atoms with Crippen LogP contribution < -0.4 is 10.1 Å². The van der Waals surface area contributed by atoms with Crippen molar-refractivity contribution >= 4 is 5.91 Å². The number of ether oxygens (including phenoxy) is 1. The minimum absolute atomic E-state index is 0.0620. The number of hydrogen-bond acceptors (Lipinski definition) is 4. The smallest absolute Gasteiger partial charge is 0.234 e. The molecule has 0 aromatic heterocycles. The van der Waals surface area contributed by atoms with E-state index in [1.165, 1.54) is 12.1 Å². The largest absolute Gasteiger partial charge is 0.492 e. The highest BCUT2D eigenvalue weighted by Crippen LogP contribution is 2.11. The quantitative estimate of drug-likeness (QED) is 0.772. The molecule has 1 N–H and O–H groups in total. The Bertz CT molecular complexity index is 701. The van der Waals surface area contributed by atoms with Gasteiger partial charge in [0, 0.05) is 39.3 Å². The molecule has 0 unspecified atom stereocenters. The average molecular weight is 371 g/mol. The van der Waals surface area contributed by atoms with Crippen molar-refractivity contribution in [2.45, 2.75) is 6.54 Å². The third-order valence-electron chi connectivity index (χ3n) is 4.65. The van der Waals surface area contributed by atoms with Crippen LogP contribution in [0.3, 0.4) is 0 Å². The highest BCUT2D eigenvalue weighted by atomic mass is 19.1. The van der Waals surface area contributed by atoms with Crippen LogP contribution in [0.5, 0.6) is 5.75 Å². The SMILES string of the molecule is O=C(CN1CCN(CCOc2ccc(F)cc2)CC1)NCc1ccccc1. The summed E-state index contributed by atoms with van der Waals surface area (Å²) in [5.74, 6) is 0.489. The van der Waals surface area contributed by atoms with Gasteiger partial charge in [-0.05, 0) is 29.8 Å². The van der Waals surface area contributed by atoms with Crippen molar-refractivity contribution in [3.63, 3.8) is 0 Å². The molecule has 5 nitrogen and oxygen atoms in total. The first-order valence-electron chi connectivity index (χ1n) is 9.33. The van der Waals surface area contributed by atoms with Crippen molar-refractivity contribution in [2.24, 2.45) is 0 Å². The van der Waals surface area contributed by atoms with Crippen LogP contribution in [-0.2, 0) is 11.3 Å². The number of carbonyl (C=O) groups is 1. The Morgan fingerprint density at radius 1 is 0.963 bits per heavy atom. The molecule has 0 spiro atoms. The molecular formula is C21H26FN3O2. The first-order chi connectivity index (χ1) is 13.2. The molecule has 2 aromatic rings. The first-order valence-corrected chi connectivity index (χ1v) is 9.33. The summed E-state index contributed by atoms with van der Waals surface area (Å²) in [5.41, 5.74) is 1.11. The maximum atomic E-state index is 12.9. The molecule has 1 fully saturated rings. The summed E-state index contributed by atoms with van der Waals surface area (Å²) in [4.78, 5) is 16.6. The molecule has 6 heteroatoms. The zero-order valence-electron chi connectivity index (χ0n) is 15.4. The number of hydrogen-bond donors (Lipinski definition) is 1. The maximum Gasteiger partial charge on any atom is 0.234 e. The molecule has 2 aromatic carbocycles. The van der Waals surface area contributed by atoms with Gasteiger partial charge in [0.2, 0.25) is 5.91 Å². The van der Waals surface area contributed by atoms with Gasteiger partial charge in [-0.15, -0.1) is 0 Å². The summed E-state index contributed by atoms with van der Waals surface area (Å²) in [5, 5.41) is 2.97. The van der Waals surface area contributed by atoms with E-state index in [-0.39, 0.29) is 11.7 Å². The van der Waals surface area contributed by atoms with Crippen molar-refractivity contribution in [1.29, 1.82) is 0 Å². The molecule has 1 saturated heterocycles. The predicted molar refractivity (Wildman–Crippen MR) is 103 cm³/mol. The Labute approximate surface area is 159 Å². The summed E-state index contributed by atoms with van der Waals surface area (Å²) in [6, 6.07) is 16.0. The molecule has 1 aliphatic heterocycles. The van der Waals surface area contributed by atoms with Gasteiger partial charge in [-0.2, -0.15) is 0 Å². The molecule has 0 radical (unpaired) electrons. The molecule has 0 aliphatic carbocycles. The number of benzene rings is 2. The van der Waals surface area contributed by atoms with Crippen LogP contribution in [0.25, 0.3) is 0 Å². The minimum atomic E-state index is -0.258. The van der Waals surface area contributed by atoms with Crippen molar-refractivity contribution < 1.29 is 13.9 Å². The maximum absolute atomic E-state index is 12.9. The minimum Gasteiger partial charge on any atom is -0.492 e. The Kier molecular flexibility index (Phi) is 7.19. The number of halogens is 1. The van der Waals surface area contributed by atoms with Crippen molar-refractivity contribution in [3.8, 4) is 5.75 Å². The molecule has 27 heavy (non-hydrogen) atoms. The van der Waals surface area contributed by atoms with Gasteiger partial charge >= 0.3 is 0 Å². The van der Waals surface area contributed by atoms with Gasteiger partial charge < -0.3 is 10.1 Å². The zero-order chi connectivity index (χ0) is 18.9. The van der Waals surface area contributed by atoms with Gasteiger partial charge in [-0.25, -0.2) is 4.39 Å². The van der Waals surface area contributed by atoms with E-state index in [9.17, 15) is 9.18 Å². The summed E-state index contributed by atoms with van der Waals surface area (Å²) < 4.78 is 18.5. The fourth-order valence-corrected chi connectivity index (χ4v) is 3.05. The molecule has 0 saturated carbocycles. The second-order valence-electron chi connectivity index (χ2n) is 6.68. The van der Waals surface area contributed by atoms with Crippen molar-refractivity contribution in [2.75, 3.05) is 45.9 Å². The van der Waals surface area contributed by atoms with E-state index in [4.69, 9.17) is 4.74 Å². The Morgan fingerprint density at radius 3 is 2.33 bits per heavy atom. The first kappa shape index (κ1) is 19.3. The van der Waals surface area contributed by atoms with Gasteiger partial charge in [0.25, 0.3) is 0 Å². The molecule has 144 valence electrons. The summed E-state index contributed by atoms with van der Waals surface area (Å²) in [6.45, 7) is 5.98. The van der Waals surface area contributed by atoms with E-state index in [1.54, 1.807) is 12.1 Å². The van der Waals surface area contributed by atoms with Gasteiger partial charge in [0.15, 0.2) is 0 Å². The Morgan fingerprint density at radius 2 is 1.63 bits per heavy atom. The second-order valence-corrected chi connectivity index (χ2v) is 6.68. The lowest BCUT2D eigenvalue weighted by atomic mass is 10.2. The van der Waals surface area contributed by atoms with Gasteiger partial charge in [-0.3, -0.25) is 14.6 Å². The highest BCUT2D eigenvalue weighted by Gasteiger charge is 2.18. The van der Waals surface area contributed by atoms with Crippen LogP contribution in [0.15, 0.2) is 54.6 Å². The Balaban J connectivity index is 1.29. The van der Waals surface area contributed by atoms with Crippen LogP contribution in [0.4, 0.5) is 4.39 Å². The van der Waals surface area contributed by atoms with E-state index in [2.05, 4.69) is 15.1 Å². The third kappa shape index (κ3) is 6.66. The molecular weight excluding hydrogens is 345 g/mol. The number of piperazine rings is 1. The van der Waals surface area contributed by atoms with E-state index >= 15 is 0 Å². The molecule has 1 aliphatic rings. The molecule has 1 heterocycles. The van der Waals surface area contributed by atoms with Crippen LogP contribution in [0.2, 0.25) is 0 Å². The topological polar surface area (TPSA) is 44.8 Å². The number of carbonyl (C=O) groups excluding carboxylic acids is 1. The summed E-state index contributed by atoms with van der Waals surface area (Å²) in [7, 11) is 0. The third-order valence-corrected chi connectivity index (χ3v) is 4.65. The lowest BCUT2D eigenvalue weighted by Gasteiger charge is -2.34. The lowest BCUT2D eigenvalue weighted by Crippen LogP contribution is -2.50. The number of amides is 1. The zero-order valence-corrected chi connectivity index (χ0v) is 15.4. The van der Waals surface area contributed by atoms with E-state index in [0.29, 0.717) is 25.4 Å². The second kappa shape index (κ2) is 10.0. The van der Waals surface area contributed by atoms with Crippen LogP contribution in [0.1, 0.15) is 5.56 Å². The van der Waals surface area contributed by atoms with E-state index in [1.807, 2.05) is 30.3 Å². The standard InChI is InChI=1S/C21H26FN3O2/c22-19-6-8-20(9-7-19)27-15-14-24-10-12-25(13-11-24)17-21(26)23-16-18-4-2-1-3-5-18/h1-9H,10-17H2,(H,23,26). The summed E-state index contributed by atoms with van der Waals surface area (Å²) in [6.07, 6.45) is 0. The molecule has 1 amide bonds. The fourth-order valence-electron chi connectivity index (χ4n) is 3.05. The fraction of sp³-hybridized carbons (Fsp3) is 0.381. The number of rotatable bonds is 8. The average Bonchev–Trinajstić information content (AvgIpc) is 2.70. The van der Waals surface area contributed by atoms with Crippen LogP contribution >= 0.6 is 0 Å². The summed E-state index contributed by atoms with van der Waals surface area (Å²) >= 11 is 0. The van der Waals surface area contributed by atoms with Crippen LogP contribution in [-0.4, -0.2) is 61.6 Å². The predicted octanol–water partition coefficient (Wildman–Crippen LogP) is 2.14. The number of nitrogens with zero attached hydrogens (tertiary/aromatic N) is 2. The Hall–Kier alpha value is -2.44. The monoisotopic (exact) mass is 371 g/mol. The van der Waals surface area contributed by atoms with Gasteiger partial charge in [0.05, 0.1) is 6.54 Å². The highest BCUT2D eigenvalue weighted by molar-refractivity contribution is 5.78.